The smallest absolute Gasteiger partial charge is 0.275 e. The number of terminal acetylenes is 1. The third kappa shape index (κ3) is 3.59. The molecule has 4 rings (SSSR count). The lowest BCUT2D eigenvalue weighted by molar-refractivity contribution is 0.0941. The van der Waals surface area contributed by atoms with Gasteiger partial charge in [-0.15, -0.1) is 6.42 Å². The Morgan fingerprint density at radius 1 is 1.07 bits per heavy atom. The molecular formula is C23H19N5O2. The summed E-state index contributed by atoms with van der Waals surface area (Å²) in [6, 6.07) is 18.5. The first-order valence-electron chi connectivity index (χ1n) is 9.38. The van der Waals surface area contributed by atoms with Gasteiger partial charge in [0.25, 0.3) is 11.5 Å². The number of benzene rings is 2. The molecule has 0 bridgehead atoms. The molecule has 0 atom stereocenters. The summed E-state index contributed by atoms with van der Waals surface area (Å²) in [5, 5.41) is 12.9. The number of aromatic nitrogens is 4. The Labute approximate surface area is 173 Å². The Bertz CT molecular complexity index is 1330. The van der Waals surface area contributed by atoms with E-state index >= 15 is 0 Å². The van der Waals surface area contributed by atoms with Crippen LogP contribution in [0.4, 0.5) is 0 Å². The fraction of sp³-hybridized carbons (Fsp3) is 0.130. The predicted molar refractivity (Wildman–Crippen MR) is 115 cm³/mol. The van der Waals surface area contributed by atoms with Crippen molar-refractivity contribution in [2.24, 2.45) is 7.05 Å². The maximum Gasteiger partial charge on any atom is 0.275 e. The van der Waals surface area contributed by atoms with Gasteiger partial charge in [-0.3, -0.25) is 14.3 Å². The Kier molecular flexibility index (Phi) is 5.14. The van der Waals surface area contributed by atoms with Gasteiger partial charge in [-0.2, -0.15) is 10.2 Å². The summed E-state index contributed by atoms with van der Waals surface area (Å²) in [4.78, 5) is 25.3. The minimum absolute atomic E-state index is 0.0623. The molecule has 0 aliphatic carbocycles. The first-order valence-corrected chi connectivity index (χ1v) is 9.38. The van der Waals surface area contributed by atoms with Gasteiger partial charge in [0, 0.05) is 18.0 Å². The van der Waals surface area contributed by atoms with Gasteiger partial charge in [-0.05, 0) is 12.1 Å². The average Bonchev–Trinajstić information content (AvgIpc) is 3.17. The van der Waals surface area contributed by atoms with Gasteiger partial charge in [-0.25, -0.2) is 4.68 Å². The second kappa shape index (κ2) is 8.05. The van der Waals surface area contributed by atoms with Crippen LogP contribution in [-0.4, -0.2) is 25.5 Å². The molecule has 2 aromatic heterocycles. The number of nitrogens with zero attached hydrogens (tertiary/aromatic N) is 4. The van der Waals surface area contributed by atoms with E-state index in [-0.39, 0.29) is 24.6 Å². The van der Waals surface area contributed by atoms with Gasteiger partial charge in [0.15, 0.2) is 0 Å². The molecule has 7 heteroatoms. The van der Waals surface area contributed by atoms with Gasteiger partial charge in [-0.1, -0.05) is 54.5 Å². The number of amides is 1. The Morgan fingerprint density at radius 3 is 2.50 bits per heavy atom. The van der Waals surface area contributed by atoms with E-state index in [0.717, 1.165) is 11.3 Å². The minimum Gasteiger partial charge on any atom is -0.345 e. The summed E-state index contributed by atoms with van der Waals surface area (Å²) in [5.41, 5.74) is 2.39. The maximum absolute atomic E-state index is 12.8. The van der Waals surface area contributed by atoms with Gasteiger partial charge in [0.05, 0.1) is 23.3 Å². The Balaban J connectivity index is 1.61. The van der Waals surface area contributed by atoms with Crippen LogP contribution >= 0.6 is 0 Å². The number of aryl methyl sites for hydroxylation is 1. The topological polar surface area (TPSA) is 81.8 Å². The van der Waals surface area contributed by atoms with Gasteiger partial charge >= 0.3 is 0 Å². The van der Waals surface area contributed by atoms with Crippen molar-refractivity contribution in [3.05, 3.63) is 82.4 Å². The van der Waals surface area contributed by atoms with Crippen LogP contribution in [0.3, 0.4) is 0 Å². The Morgan fingerprint density at radius 2 is 1.77 bits per heavy atom. The van der Waals surface area contributed by atoms with Crippen molar-refractivity contribution in [1.29, 1.82) is 0 Å². The van der Waals surface area contributed by atoms with Crippen LogP contribution in [0, 0.1) is 12.3 Å². The lowest BCUT2D eigenvalue weighted by Gasteiger charge is -2.10. The second-order valence-electron chi connectivity index (χ2n) is 6.75. The number of carbonyl (C=O) groups is 1. The van der Waals surface area contributed by atoms with E-state index in [0.29, 0.717) is 22.2 Å². The normalized spacial score (nSPS) is 10.7. The molecule has 2 aromatic carbocycles. The number of fused-ring (bicyclic) bond motifs is 1. The fourth-order valence-corrected chi connectivity index (χ4v) is 3.31. The highest BCUT2D eigenvalue weighted by Crippen LogP contribution is 2.18. The molecule has 0 radical (unpaired) electrons. The average molecular weight is 397 g/mol. The van der Waals surface area contributed by atoms with Gasteiger partial charge in [0.1, 0.15) is 12.2 Å². The summed E-state index contributed by atoms with van der Waals surface area (Å²) in [7, 11) is 1.72. The van der Waals surface area contributed by atoms with Crippen molar-refractivity contribution in [2.45, 2.75) is 13.1 Å². The summed E-state index contributed by atoms with van der Waals surface area (Å²) in [6.07, 6.45) is 5.36. The van der Waals surface area contributed by atoms with E-state index in [2.05, 4.69) is 21.4 Å². The fourth-order valence-electron chi connectivity index (χ4n) is 3.31. The van der Waals surface area contributed by atoms with Crippen molar-refractivity contribution in [2.75, 3.05) is 0 Å². The zero-order valence-corrected chi connectivity index (χ0v) is 16.4. The molecule has 0 unspecified atom stereocenters. The lowest BCUT2D eigenvalue weighted by Crippen LogP contribution is -2.29. The summed E-state index contributed by atoms with van der Waals surface area (Å²) >= 11 is 0. The van der Waals surface area contributed by atoms with E-state index in [4.69, 9.17) is 6.42 Å². The van der Waals surface area contributed by atoms with Crippen molar-refractivity contribution in [3.8, 4) is 23.6 Å². The molecule has 30 heavy (non-hydrogen) atoms. The van der Waals surface area contributed by atoms with Crippen LogP contribution in [0.1, 0.15) is 16.2 Å². The first-order chi connectivity index (χ1) is 14.6. The van der Waals surface area contributed by atoms with E-state index in [1.807, 2.05) is 42.5 Å². The monoisotopic (exact) mass is 397 g/mol. The predicted octanol–water partition coefficient (Wildman–Crippen LogP) is 2.36. The molecule has 0 spiro atoms. The first kappa shape index (κ1) is 19.2. The van der Waals surface area contributed by atoms with Crippen molar-refractivity contribution >= 4 is 16.7 Å². The molecule has 0 aliphatic rings. The summed E-state index contributed by atoms with van der Waals surface area (Å²) in [6.45, 7) is 0.211. The van der Waals surface area contributed by atoms with Crippen LogP contribution in [-0.2, 0) is 20.1 Å². The number of carbonyl (C=O) groups excluding carboxylic acids is 1. The molecule has 1 N–H and O–H groups in total. The van der Waals surface area contributed by atoms with Crippen LogP contribution < -0.4 is 10.9 Å². The van der Waals surface area contributed by atoms with Crippen LogP contribution in [0.15, 0.2) is 65.5 Å². The SMILES string of the molecule is C#CCn1nc(CNC(=O)c2cc(-c3ccccc3)nn2C)c2ccccc2c1=O. The Hall–Kier alpha value is -4.18. The molecular weight excluding hydrogens is 378 g/mol. The third-order valence-electron chi connectivity index (χ3n) is 4.78. The van der Waals surface area contributed by atoms with Crippen LogP contribution in [0.5, 0.6) is 0 Å². The second-order valence-corrected chi connectivity index (χ2v) is 6.75. The molecule has 4 aromatic rings. The highest BCUT2D eigenvalue weighted by Gasteiger charge is 2.16. The van der Waals surface area contributed by atoms with Gasteiger partial charge < -0.3 is 5.32 Å². The molecule has 0 saturated carbocycles. The highest BCUT2D eigenvalue weighted by atomic mass is 16.2. The molecule has 0 saturated heterocycles. The lowest BCUT2D eigenvalue weighted by atomic mass is 10.1. The largest absolute Gasteiger partial charge is 0.345 e. The van der Waals surface area contributed by atoms with E-state index < -0.39 is 0 Å². The maximum atomic E-state index is 12.8. The number of nitrogens with one attached hydrogen (secondary N) is 1. The molecule has 2 heterocycles. The molecule has 0 aliphatic heterocycles. The molecule has 1 amide bonds. The van der Waals surface area contributed by atoms with E-state index in [1.54, 1.807) is 29.9 Å². The third-order valence-corrected chi connectivity index (χ3v) is 4.78. The summed E-state index contributed by atoms with van der Waals surface area (Å²) in [5.74, 6) is 2.15. The van der Waals surface area contributed by atoms with E-state index in [9.17, 15) is 9.59 Å². The van der Waals surface area contributed by atoms with Crippen molar-refractivity contribution < 1.29 is 4.79 Å². The van der Waals surface area contributed by atoms with E-state index in [1.165, 1.54) is 4.68 Å². The molecule has 0 fully saturated rings. The number of hydrogen-bond donors (Lipinski definition) is 1. The summed E-state index contributed by atoms with van der Waals surface area (Å²) < 4.78 is 2.78. The van der Waals surface area contributed by atoms with Crippen molar-refractivity contribution in [1.82, 2.24) is 24.9 Å². The minimum atomic E-state index is -0.284. The van der Waals surface area contributed by atoms with Crippen LogP contribution in [0.25, 0.3) is 22.0 Å². The molecule has 148 valence electrons. The number of hydrogen-bond acceptors (Lipinski definition) is 4. The molecule has 7 nitrogen and oxygen atoms in total. The zero-order valence-electron chi connectivity index (χ0n) is 16.4. The standard InChI is InChI=1S/C23H19N5O2/c1-3-13-28-23(30)18-12-8-7-11-17(18)20(26-28)15-24-22(29)21-14-19(25-27(21)2)16-9-5-4-6-10-16/h1,4-12,14H,13,15H2,2H3,(H,24,29). The van der Waals surface area contributed by atoms with Crippen molar-refractivity contribution in [3.63, 3.8) is 0 Å². The highest BCUT2D eigenvalue weighted by molar-refractivity contribution is 5.94. The zero-order chi connectivity index (χ0) is 21.1. The van der Waals surface area contributed by atoms with Crippen LogP contribution in [0.2, 0.25) is 0 Å². The quantitative estimate of drug-likeness (QED) is 0.524. The number of rotatable bonds is 5. The van der Waals surface area contributed by atoms with Gasteiger partial charge in [0.2, 0.25) is 0 Å².